The Labute approximate surface area is 293 Å². The van der Waals surface area contributed by atoms with Gasteiger partial charge in [0, 0.05) is 44.0 Å². The summed E-state index contributed by atoms with van der Waals surface area (Å²) in [5.74, 6) is 0.497. The Morgan fingerprint density at radius 1 is 0.766 bits per heavy atom. The van der Waals surface area contributed by atoms with E-state index in [1.165, 1.54) is 11.3 Å². The molecule has 1 unspecified atom stereocenters. The van der Waals surface area contributed by atoms with Crippen molar-refractivity contribution < 1.29 is 0 Å². The van der Waals surface area contributed by atoms with Crippen molar-refractivity contribution in [2.24, 2.45) is 5.92 Å². The Bertz CT molecular complexity index is 2260. The number of unbranched alkanes of at least 4 members (excludes halogenated alkanes) is 1. The minimum Gasteiger partial charge on any atom is -0.227 e. The van der Waals surface area contributed by atoms with Crippen molar-refractivity contribution in [1.29, 1.82) is 21.0 Å². The first kappa shape index (κ1) is 33.5. The molecule has 5 heterocycles. The van der Waals surface area contributed by atoms with Gasteiger partial charge in [0.25, 0.3) is 11.4 Å². The summed E-state index contributed by atoms with van der Waals surface area (Å²) in [5.41, 5.74) is 2.09. The second-order valence-corrected chi connectivity index (χ2v) is 15.9. The van der Waals surface area contributed by atoms with E-state index in [2.05, 4.69) is 41.7 Å². The zero-order chi connectivity index (χ0) is 33.5. The lowest BCUT2D eigenvalue weighted by Gasteiger charge is -2.14. The lowest BCUT2D eigenvalue weighted by atomic mass is 9.92. The van der Waals surface area contributed by atoms with Gasteiger partial charge in [-0.15, -0.1) is 56.7 Å². The molecule has 0 bridgehead atoms. The summed E-state index contributed by atoms with van der Waals surface area (Å²) in [4.78, 5) is 12.8. The maximum Gasteiger partial charge on any atom is 0.263 e. The lowest BCUT2D eigenvalue weighted by Crippen LogP contribution is -2.03. The molecule has 0 aliphatic heterocycles. The topological polar surface area (TPSA) is 104 Å². The third-order valence-electron chi connectivity index (χ3n) is 7.53. The number of allylic oxidation sites excluding steroid dienone is 3. The first-order chi connectivity index (χ1) is 22.9. The highest BCUT2D eigenvalue weighted by Gasteiger charge is 2.22. The van der Waals surface area contributed by atoms with E-state index in [0.29, 0.717) is 5.92 Å². The molecule has 47 heavy (non-hydrogen) atoms. The number of hydrogen-bond donors (Lipinski definition) is 0. The maximum atomic E-state index is 9.68. The van der Waals surface area contributed by atoms with E-state index in [-0.39, 0.29) is 17.0 Å². The number of rotatable bonds is 11. The van der Waals surface area contributed by atoms with Crippen molar-refractivity contribution in [2.75, 3.05) is 0 Å². The Morgan fingerprint density at radius 2 is 1.45 bits per heavy atom. The van der Waals surface area contributed by atoms with Crippen LogP contribution in [0.5, 0.6) is 0 Å². The molecule has 0 amide bonds. The molecule has 0 aromatic carbocycles. The number of nitriles is 4. The normalized spacial score (nSPS) is 12.1. The molecular weight excluding hydrogens is 677 g/mol. The fraction of sp³-hybridized carbons (Fsp3) is 0.222. The van der Waals surface area contributed by atoms with E-state index in [1.807, 2.05) is 30.3 Å². The highest BCUT2D eigenvalue weighted by atomic mass is 32.1. The van der Waals surface area contributed by atoms with Gasteiger partial charge in [0.05, 0.1) is 34.9 Å². The van der Waals surface area contributed by atoms with Crippen LogP contribution in [0.2, 0.25) is 0 Å². The van der Waals surface area contributed by atoms with E-state index in [9.17, 15) is 10.5 Å². The van der Waals surface area contributed by atoms with E-state index in [4.69, 9.17) is 23.7 Å². The van der Waals surface area contributed by atoms with Crippen molar-refractivity contribution in [3.8, 4) is 43.8 Å². The van der Waals surface area contributed by atoms with Crippen molar-refractivity contribution in [3.63, 3.8) is 0 Å². The summed E-state index contributed by atoms with van der Waals surface area (Å²) in [6, 6.07) is 16.3. The fourth-order valence-electron chi connectivity index (χ4n) is 5.15. The average molecular weight is 701 g/mol. The molecule has 0 fully saturated rings. The van der Waals surface area contributed by atoms with Crippen molar-refractivity contribution >= 4 is 93.7 Å². The molecule has 0 N–H and O–H groups in total. The van der Waals surface area contributed by atoms with Crippen LogP contribution in [-0.2, 0) is 6.42 Å². The Kier molecular flexibility index (Phi) is 10.8. The highest BCUT2D eigenvalue weighted by Crippen LogP contribution is 2.50. The van der Waals surface area contributed by atoms with Crippen LogP contribution >= 0.6 is 56.7 Å². The Morgan fingerprint density at radius 3 is 2.09 bits per heavy atom. The molecule has 5 rings (SSSR count). The average Bonchev–Trinajstić information content (AvgIpc) is 3.90. The molecule has 228 valence electrons. The van der Waals surface area contributed by atoms with Crippen LogP contribution < -0.4 is 0 Å². The van der Waals surface area contributed by atoms with Crippen LogP contribution in [0.3, 0.4) is 0 Å². The first-order valence-electron chi connectivity index (χ1n) is 14.6. The summed E-state index contributed by atoms with van der Waals surface area (Å²) in [6.07, 6.45) is 10.3. The second kappa shape index (κ2) is 15.2. The monoisotopic (exact) mass is 700 g/mol. The van der Waals surface area contributed by atoms with Crippen molar-refractivity contribution in [2.45, 2.75) is 46.0 Å². The molecular formula is C36H24N6S5. The lowest BCUT2D eigenvalue weighted by molar-refractivity contribution is 0.449. The van der Waals surface area contributed by atoms with Crippen molar-refractivity contribution in [3.05, 3.63) is 84.9 Å². The van der Waals surface area contributed by atoms with Gasteiger partial charge >= 0.3 is 0 Å². The standard InChI is InChI=1S/C36H24N6S5/c1-5-7-8-21(6-2)9-23-11-33(44-28(23)13-25(20-40)42-4)35-27(12-24(19-39)41-3)36-34(47-35)16-32(46-36)31-15-30-29(45-31)14-26(43-30)10-22(17-37)18-38/h10-16,21H,5-9H2,1-2H3/b24-12+,25-13+. The summed E-state index contributed by atoms with van der Waals surface area (Å²) in [6.45, 7) is 19.4. The molecule has 5 aromatic rings. The quantitative estimate of drug-likeness (QED) is 0.101. The van der Waals surface area contributed by atoms with E-state index < -0.39 is 0 Å². The fourth-order valence-corrected chi connectivity index (χ4v) is 11.4. The smallest absolute Gasteiger partial charge is 0.227 e. The number of thiophene rings is 5. The van der Waals surface area contributed by atoms with Crippen LogP contribution in [0.4, 0.5) is 0 Å². The zero-order valence-corrected chi connectivity index (χ0v) is 29.5. The van der Waals surface area contributed by atoms with Gasteiger partial charge < -0.3 is 0 Å². The number of hydrogen-bond acceptors (Lipinski definition) is 9. The summed E-state index contributed by atoms with van der Waals surface area (Å²) < 4.78 is 4.22. The molecule has 0 aliphatic rings. The Balaban J connectivity index is 1.61. The van der Waals surface area contributed by atoms with E-state index >= 15 is 0 Å². The van der Waals surface area contributed by atoms with E-state index in [0.717, 1.165) is 91.3 Å². The molecule has 0 saturated heterocycles. The maximum absolute atomic E-state index is 9.68. The van der Waals surface area contributed by atoms with E-state index in [1.54, 1.807) is 63.6 Å². The van der Waals surface area contributed by atoms with Gasteiger partial charge in [0.2, 0.25) is 0 Å². The minimum absolute atomic E-state index is 0.00881. The van der Waals surface area contributed by atoms with Gasteiger partial charge in [-0.25, -0.2) is 20.2 Å². The molecule has 1 atom stereocenters. The molecule has 0 aliphatic carbocycles. The zero-order valence-electron chi connectivity index (χ0n) is 25.4. The molecule has 0 saturated carbocycles. The van der Waals surface area contributed by atoms with Gasteiger partial charge in [0.15, 0.2) is 0 Å². The molecule has 0 radical (unpaired) electrons. The van der Waals surface area contributed by atoms with Gasteiger partial charge in [-0.1, -0.05) is 39.5 Å². The third-order valence-corrected chi connectivity index (χ3v) is 13.7. The van der Waals surface area contributed by atoms with Gasteiger partial charge in [-0.05, 0) is 60.4 Å². The summed E-state index contributed by atoms with van der Waals surface area (Å²) in [7, 11) is 0. The predicted octanol–water partition coefficient (Wildman–Crippen LogP) is 12.4. The SMILES string of the molecule is [C-]#[N+]/C(C#N)=C/c1sc(-c2sc3cc(-c4cc5sc(C=C(C#N)C#N)cc5s4)sc3c2/C=C(\C#N)[N+]#[C-])cc1CC(CC)CCCC. The summed E-state index contributed by atoms with van der Waals surface area (Å²) in [5, 5.41) is 37.4. The number of fused-ring (bicyclic) bond motifs is 2. The second-order valence-electron chi connectivity index (χ2n) is 10.5. The summed E-state index contributed by atoms with van der Waals surface area (Å²) >= 11 is 7.99. The first-order valence-corrected chi connectivity index (χ1v) is 18.7. The minimum atomic E-state index is 0.00881. The van der Waals surface area contributed by atoms with Gasteiger partial charge in [-0.2, -0.15) is 10.5 Å². The molecule has 0 spiro atoms. The molecule has 11 heteroatoms. The van der Waals surface area contributed by atoms with Crippen LogP contribution in [0.1, 0.15) is 60.4 Å². The van der Waals surface area contributed by atoms with Crippen LogP contribution in [-0.4, -0.2) is 0 Å². The molecule has 6 nitrogen and oxygen atoms in total. The van der Waals surface area contributed by atoms with Crippen LogP contribution in [0.25, 0.3) is 66.2 Å². The third kappa shape index (κ3) is 7.28. The van der Waals surface area contributed by atoms with Gasteiger partial charge in [0.1, 0.15) is 17.7 Å². The highest BCUT2D eigenvalue weighted by molar-refractivity contribution is 7.35. The van der Waals surface area contributed by atoms with Crippen LogP contribution in [0, 0.1) is 64.4 Å². The van der Waals surface area contributed by atoms with Crippen molar-refractivity contribution in [1.82, 2.24) is 0 Å². The van der Waals surface area contributed by atoms with Gasteiger partial charge in [-0.3, -0.25) is 0 Å². The Hall–Kier alpha value is -4.82. The largest absolute Gasteiger partial charge is 0.263 e. The number of nitrogens with zero attached hydrogens (tertiary/aromatic N) is 6. The predicted molar refractivity (Wildman–Crippen MR) is 198 cm³/mol. The van der Waals surface area contributed by atoms with Crippen LogP contribution in [0.15, 0.2) is 41.2 Å². The molecule has 5 aromatic heterocycles.